The fraction of sp³-hybridized carbons (Fsp3) is 0.636. The van der Waals surface area contributed by atoms with Gasteiger partial charge in [-0.25, -0.2) is 19.2 Å². The van der Waals surface area contributed by atoms with Gasteiger partial charge in [0.15, 0.2) is 0 Å². The quantitative estimate of drug-likeness (QED) is 0.171. The van der Waals surface area contributed by atoms with E-state index in [2.05, 4.69) is 21.3 Å². The number of nitrogens with zero attached hydrogens (tertiary/aromatic N) is 1. The number of aryl methyl sites for hydroxylation is 1. The first-order valence-corrected chi connectivity index (χ1v) is 15.8. The Morgan fingerprint density at radius 1 is 0.688 bits per heavy atom. The molecule has 0 radical (unpaired) electrons. The minimum absolute atomic E-state index is 0.0377. The molecule has 0 fully saturated rings. The molecule has 5 amide bonds. The smallest absolute Gasteiger partial charge is 0.408 e. The van der Waals surface area contributed by atoms with Crippen molar-refractivity contribution in [1.82, 2.24) is 26.2 Å². The minimum Gasteiger partial charge on any atom is -0.480 e. The Balaban J connectivity index is 3.15. The summed E-state index contributed by atoms with van der Waals surface area (Å²) < 4.78 is 15.8. The van der Waals surface area contributed by atoms with E-state index in [1.807, 2.05) is 30.3 Å². The fourth-order valence-corrected chi connectivity index (χ4v) is 4.02. The molecule has 0 spiro atoms. The molecule has 0 saturated heterocycles. The number of hydrogen-bond acceptors (Lipinski definition) is 9. The van der Waals surface area contributed by atoms with Crippen molar-refractivity contribution < 1.29 is 48.1 Å². The molecule has 0 aliphatic heterocycles. The highest BCUT2D eigenvalue weighted by Crippen LogP contribution is 2.11. The Morgan fingerprint density at radius 2 is 1.15 bits per heavy atom. The van der Waals surface area contributed by atoms with Crippen molar-refractivity contribution in [3.63, 3.8) is 0 Å². The minimum atomic E-state index is -1.52. The van der Waals surface area contributed by atoms with Crippen LogP contribution in [0.15, 0.2) is 30.3 Å². The number of amides is 5. The van der Waals surface area contributed by atoms with E-state index in [1.54, 1.807) is 62.3 Å². The second kappa shape index (κ2) is 18.7. The summed E-state index contributed by atoms with van der Waals surface area (Å²) in [4.78, 5) is 77.4. The van der Waals surface area contributed by atoms with Crippen molar-refractivity contribution in [2.75, 3.05) is 26.2 Å². The summed E-state index contributed by atoms with van der Waals surface area (Å²) >= 11 is 0. The van der Waals surface area contributed by atoms with Gasteiger partial charge in [0.2, 0.25) is 11.8 Å². The third-order valence-corrected chi connectivity index (χ3v) is 6.02. The van der Waals surface area contributed by atoms with E-state index in [0.29, 0.717) is 6.42 Å². The van der Waals surface area contributed by atoms with Crippen LogP contribution in [0.4, 0.5) is 14.4 Å². The molecule has 0 saturated carbocycles. The number of carboxylic acid groups (broad SMARTS) is 1. The predicted molar refractivity (Wildman–Crippen MR) is 177 cm³/mol. The standard InChI is InChI=1S/C33H53N5O10/c1-31(2,3)46-28(43)34-17-19-38(20-18-35-29(44)47-32(4,5)6)25(39)21-24(37-30(45)48-33(7,8)9)26(40)36-23(27(41)42)16-15-22-13-11-10-12-14-22/h10-14,23-24H,15-21H2,1-9H3,(H,34,43)(H,35,44)(H,36,40)(H,37,45)(H,41,42)/t23-,24?/m0/s1. The molecule has 1 unspecified atom stereocenters. The van der Waals surface area contributed by atoms with Crippen LogP contribution in [0.25, 0.3) is 0 Å². The number of carbonyl (C=O) groups is 6. The summed E-state index contributed by atoms with van der Waals surface area (Å²) in [5.74, 6) is -2.84. The largest absolute Gasteiger partial charge is 0.480 e. The molecule has 0 aromatic heterocycles. The van der Waals surface area contributed by atoms with Crippen LogP contribution in [0.3, 0.4) is 0 Å². The number of carboxylic acids is 1. The van der Waals surface area contributed by atoms with E-state index < -0.39 is 71.4 Å². The Bertz CT molecular complexity index is 1200. The molecule has 1 rings (SSSR count). The second-order valence-corrected chi connectivity index (χ2v) is 14.1. The second-order valence-electron chi connectivity index (χ2n) is 14.1. The SMILES string of the molecule is CC(C)(C)OC(=O)NCCN(CCNC(=O)OC(C)(C)C)C(=O)CC(NC(=O)OC(C)(C)C)C(=O)N[C@@H](CCc1ccccc1)C(=O)O. The number of carbonyl (C=O) groups excluding carboxylic acids is 5. The van der Waals surface area contributed by atoms with E-state index >= 15 is 0 Å². The van der Waals surface area contributed by atoms with Crippen LogP contribution in [0, 0.1) is 0 Å². The molecule has 48 heavy (non-hydrogen) atoms. The molecular formula is C33H53N5O10. The molecular weight excluding hydrogens is 626 g/mol. The van der Waals surface area contributed by atoms with Crippen molar-refractivity contribution in [2.45, 2.75) is 110 Å². The third kappa shape index (κ3) is 19.2. The Hall–Kier alpha value is -4.56. The van der Waals surface area contributed by atoms with Gasteiger partial charge in [-0.15, -0.1) is 0 Å². The monoisotopic (exact) mass is 679 g/mol. The van der Waals surface area contributed by atoms with Gasteiger partial charge in [-0.05, 0) is 80.7 Å². The van der Waals surface area contributed by atoms with E-state index in [-0.39, 0.29) is 32.6 Å². The number of benzene rings is 1. The van der Waals surface area contributed by atoms with Crippen molar-refractivity contribution in [3.8, 4) is 0 Å². The summed E-state index contributed by atoms with van der Waals surface area (Å²) in [6.07, 6.45) is -2.59. The number of aliphatic carboxylic acids is 1. The highest BCUT2D eigenvalue weighted by molar-refractivity contribution is 5.93. The van der Waals surface area contributed by atoms with E-state index in [0.717, 1.165) is 5.56 Å². The first-order chi connectivity index (χ1) is 22.0. The molecule has 0 heterocycles. The van der Waals surface area contributed by atoms with Gasteiger partial charge in [0.25, 0.3) is 0 Å². The lowest BCUT2D eigenvalue weighted by Gasteiger charge is -2.28. The maximum absolute atomic E-state index is 13.6. The van der Waals surface area contributed by atoms with Crippen LogP contribution in [0.2, 0.25) is 0 Å². The topological polar surface area (TPSA) is 202 Å². The Labute approximate surface area is 282 Å². The third-order valence-electron chi connectivity index (χ3n) is 6.02. The molecule has 5 N–H and O–H groups in total. The van der Waals surface area contributed by atoms with Gasteiger partial charge in [0, 0.05) is 26.2 Å². The summed E-state index contributed by atoms with van der Waals surface area (Å²) in [6.45, 7) is 14.9. The molecule has 270 valence electrons. The van der Waals surface area contributed by atoms with Crippen molar-refractivity contribution in [1.29, 1.82) is 0 Å². The van der Waals surface area contributed by atoms with Crippen molar-refractivity contribution in [2.24, 2.45) is 0 Å². The lowest BCUT2D eigenvalue weighted by Crippen LogP contribution is -2.54. The molecule has 0 aliphatic rings. The van der Waals surface area contributed by atoms with Crippen LogP contribution < -0.4 is 21.3 Å². The van der Waals surface area contributed by atoms with E-state index in [9.17, 15) is 33.9 Å². The van der Waals surface area contributed by atoms with Crippen LogP contribution in [-0.4, -0.2) is 101 Å². The molecule has 0 aliphatic carbocycles. The first kappa shape index (κ1) is 41.5. The number of nitrogens with one attached hydrogen (secondary N) is 4. The summed E-state index contributed by atoms with van der Waals surface area (Å²) in [7, 11) is 0. The molecule has 1 aromatic carbocycles. The van der Waals surface area contributed by atoms with E-state index in [4.69, 9.17) is 14.2 Å². The van der Waals surface area contributed by atoms with Gasteiger partial charge in [-0.3, -0.25) is 9.59 Å². The normalized spacial score (nSPS) is 12.9. The van der Waals surface area contributed by atoms with Crippen molar-refractivity contribution >= 4 is 36.1 Å². The van der Waals surface area contributed by atoms with Gasteiger partial charge in [-0.2, -0.15) is 0 Å². The van der Waals surface area contributed by atoms with Crippen LogP contribution in [-0.2, 0) is 35.0 Å². The predicted octanol–water partition coefficient (Wildman–Crippen LogP) is 3.35. The molecule has 2 atom stereocenters. The Kier molecular flexibility index (Phi) is 16.1. The highest BCUT2D eigenvalue weighted by Gasteiger charge is 2.31. The fourth-order valence-electron chi connectivity index (χ4n) is 4.02. The zero-order valence-corrected chi connectivity index (χ0v) is 29.6. The average molecular weight is 680 g/mol. The Morgan fingerprint density at radius 3 is 1.58 bits per heavy atom. The first-order valence-electron chi connectivity index (χ1n) is 15.8. The van der Waals surface area contributed by atoms with Crippen molar-refractivity contribution in [3.05, 3.63) is 35.9 Å². The molecule has 1 aromatic rings. The summed E-state index contributed by atoms with van der Waals surface area (Å²) in [5.41, 5.74) is -1.56. The van der Waals surface area contributed by atoms with Crippen LogP contribution in [0.5, 0.6) is 0 Å². The maximum Gasteiger partial charge on any atom is 0.408 e. The number of ether oxygens (including phenoxy) is 3. The lowest BCUT2D eigenvalue weighted by atomic mass is 10.0. The number of hydrogen-bond donors (Lipinski definition) is 5. The highest BCUT2D eigenvalue weighted by atomic mass is 16.6. The van der Waals surface area contributed by atoms with Gasteiger partial charge in [-0.1, -0.05) is 30.3 Å². The van der Waals surface area contributed by atoms with Gasteiger partial charge < -0.3 is 45.5 Å². The lowest BCUT2D eigenvalue weighted by molar-refractivity contribution is -0.142. The molecule has 15 heteroatoms. The molecule has 15 nitrogen and oxygen atoms in total. The van der Waals surface area contributed by atoms with E-state index in [1.165, 1.54) is 4.90 Å². The maximum atomic E-state index is 13.6. The number of rotatable bonds is 15. The zero-order valence-electron chi connectivity index (χ0n) is 29.6. The summed E-state index contributed by atoms with van der Waals surface area (Å²) in [6, 6.07) is 6.27. The molecule has 0 bridgehead atoms. The van der Waals surface area contributed by atoms with Gasteiger partial charge in [0.1, 0.15) is 28.9 Å². The number of alkyl carbamates (subject to hydrolysis) is 3. The van der Waals surface area contributed by atoms with Gasteiger partial charge >= 0.3 is 24.2 Å². The van der Waals surface area contributed by atoms with Gasteiger partial charge in [0.05, 0.1) is 6.42 Å². The zero-order chi connectivity index (χ0) is 36.7. The van der Waals surface area contributed by atoms with Crippen LogP contribution >= 0.6 is 0 Å². The van der Waals surface area contributed by atoms with Crippen LogP contribution in [0.1, 0.15) is 80.7 Å². The average Bonchev–Trinajstić information content (AvgIpc) is 2.91. The summed E-state index contributed by atoms with van der Waals surface area (Å²) in [5, 5.41) is 19.7.